The van der Waals surface area contributed by atoms with Crippen molar-refractivity contribution in [3.8, 4) is 12.1 Å². The Labute approximate surface area is 284 Å². The van der Waals surface area contributed by atoms with E-state index < -0.39 is 11.8 Å². The Bertz CT molecular complexity index is 1990. The summed E-state index contributed by atoms with van der Waals surface area (Å²) in [4.78, 5) is 25.7. The van der Waals surface area contributed by atoms with Gasteiger partial charge in [-0.1, -0.05) is 105 Å². The van der Waals surface area contributed by atoms with Gasteiger partial charge in [0.25, 0.3) is 0 Å². The SMILES string of the molecule is Cn1cc(C(=O)[C@@H](C#N)Cc2ccccc2Br)c2ccccc21.Cn1cc(C(=O)[C@H](C#N)Cc2ccccc2Br)c2ccccc21. The van der Waals surface area contributed by atoms with E-state index >= 15 is 0 Å². The number of nitriles is 2. The predicted molar refractivity (Wildman–Crippen MR) is 188 cm³/mol. The number of benzene rings is 4. The number of carbonyl (C=O) groups is 2. The van der Waals surface area contributed by atoms with Gasteiger partial charge in [-0.3, -0.25) is 9.59 Å². The average Bonchev–Trinajstić information content (AvgIpc) is 3.60. The fourth-order valence-electron chi connectivity index (χ4n) is 5.61. The molecule has 2 heterocycles. The molecule has 0 N–H and O–H groups in total. The molecule has 0 amide bonds. The smallest absolute Gasteiger partial charge is 0.182 e. The van der Waals surface area contributed by atoms with Gasteiger partial charge < -0.3 is 9.13 Å². The standard InChI is InChI=1S/2C19H15BrN2O/c2*1-22-12-16(15-7-3-5-9-18(15)22)19(23)14(11-21)10-13-6-2-4-8-17(13)20/h2*2-9,12,14H,10H2,1H3/t2*14-/m10/s1. The third kappa shape index (κ3) is 6.89. The van der Waals surface area contributed by atoms with E-state index in [4.69, 9.17) is 0 Å². The van der Waals surface area contributed by atoms with Crippen molar-refractivity contribution < 1.29 is 9.59 Å². The van der Waals surface area contributed by atoms with Crippen LogP contribution in [0.15, 0.2) is 118 Å². The zero-order valence-corrected chi connectivity index (χ0v) is 28.5. The molecule has 0 spiro atoms. The highest BCUT2D eigenvalue weighted by molar-refractivity contribution is 9.10. The van der Waals surface area contributed by atoms with Crippen LogP contribution in [0.2, 0.25) is 0 Å². The molecule has 8 heteroatoms. The number of carbonyl (C=O) groups excluding carboxylic acids is 2. The maximum atomic E-state index is 12.9. The Hall–Kier alpha value is -4.76. The van der Waals surface area contributed by atoms with Crippen molar-refractivity contribution in [3.63, 3.8) is 0 Å². The average molecular weight is 734 g/mol. The Morgan fingerprint density at radius 3 is 1.33 bits per heavy atom. The lowest BCUT2D eigenvalue weighted by molar-refractivity contribution is 0.0942. The lowest BCUT2D eigenvalue weighted by atomic mass is 9.92. The van der Waals surface area contributed by atoms with E-state index in [-0.39, 0.29) is 11.6 Å². The summed E-state index contributed by atoms with van der Waals surface area (Å²) < 4.78 is 5.70. The highest BCUT2D eigenvalue weighted by Gasteiger charge is 2.25. The first-order chi connectivity index (χ1) is 22.2. The van der Waals surface area contributed by atoms with Gasteiger partial charge in [0.1, 0.15) is 11.8 Å². The van der Waals surface area contributed by atoms with Gasteiger partial charge in [0.05, 0.1) is 12.1 Å². The third-order valence-electron chi connectivity index (χ3n) is 8.03. The molecule has 2 aromatic heterocycles. The second-order valence-electron chi connectivity index (χ2n) is 11.0. The first kappa shape index (κ1) is 32.6. The second kappa shape index (κ2) is 14.6. The molecule has 0 unspecified atom stereocenters. The number of aromatic nitrogens is 2. The number of rotatable bonds is 8. The van der Waals surface area contributed by atoms with E-state index in [0.29, 0.717) is 24.0 Å². The summed E-state index contributed by atoms with van der Waals surface area (Å²) in [5.74, 6) is -1.64. The number of halogens is 2. The molecule has 6 nitrogen and oxygen atoms in total. The highest BCUT2D eigenvalue weighted by Crippen LogP contribution is 2.28. The Balaban J connectivity index is 0.000000181. The van der Waals surface area contributed by atoms with E-state index in [1.54, 1.807) is 0 Å². The van der Waals surface area contributed by atoms with Gasteiger partial charge in [0, 0.05) is 68.4 Å². The highest BCUT2D eigenvalue weighted by atomic mass is 79.9. The number of Topliss-reactive ketones (excluding diaryl/α,β-unsaturated/α-hetero) is 2. The molecule has 0 saturated heterocycles. The first-order valence-electron chi connectivity index (χ1n) is 14.7. The van der Waals surface area contributed by atoms with Crippen molar-refractivity contribution in [2.45, 2.75) is 12.8 Å². The first-order valence-corrected chi connectivity index (χ1v) is 16.2. The molecule has 0 radical (unpaired) electrons. The monoisotopic (exact) mass is 732 g/mol. The second-order valence-corrected chi connectivity index (χ2v) is 12.7. The van der Waals surface area contributed by atoms with Crippen molar-refractivity contribution in [2.75, 3.05) is 0 Å². The molecule has 0 aliphatic carbocycles. The molecule has 0 fully saturated rings. The van der Waals surface area contributed by atoms with Crippen LogP contribution in [0, 0.1) is 34.5 Å². The fraction of sp³-hybridized carbons (Fsp3) is 0.158. The molecule has 46 heavy (non-hydrogen) atoms. The number of hydrogen-bond acceptors (Lipinski definition) is 4. The molecule has 6 aromatic rings. The summed E-state index contributed by atoms with van der Waals surface area (Å²) in [6, 6.07) is 35.2. The summed E-state index contributed by atoms with van der Waals surface area (Å²) in [6.45, 7) is 0. The number of para-hydroxylation sites is 2. The number of ketones is 2. The van der Waals surface area contributed by atoms with Crippen molar-refractivity contribution >= 4 is 65.2 Å². The van der Waals surface area contributed by atoms with Crippen LogP contribution in [-0.4, -0.2) is 20.7 Å². The van der Waals surface area contributed by atoms with E-state index in [9.17, 15) is 20.1 Å². The summed E-state index contributed by atoms with van der Waals surface area (Å²) in [5, 5.41) is 20.8. The van der Waals surface area contributed by atoms with E-state index in [1.165, 1.54) is 0 Å². The fourth-order valence-corrected chi connectivity index (χ4v) is 6.51. The minimum Gasteiger partial charge on any atom is -0.350 e. The molecule has 0 bridgehead atoms. The van der Waals surface area contributed by atoms with Gasteiger partial charge in [-0.05, 0) is 48.2 Å². The van der Waals surface area contributed by atoms with Crippen LogP contribution in [0.25, 0.3) is 21.8 Å². The van der Waals surface area contributed by atoms with Gasteiger partial charge in [0.15, 0.2) is 11.6 Å². The van der Waals surface area contributed by atoms with E-state index in [1.807, 2.05) is 133 Å². The third-order valence-corrected chi connectivity index (χ3v) is 9.58. The topological polar surface area (TPSA) is 91.6 Å². The van der Waals surface area contributed by atoms with Crippen LogP contribution < -0.4 is 0 Å². The number of hydrogen-bond donors (Lipinski definition) is 0. The summed E-state index contributed by atoms with van der Waals surface area (Å²) in [5.41, 5.74) is 5.14. The number of aryl methyl sites for hydroxylation is 2. The molecule has 0 aliphatic rings. The molecule has 6 rings (SSSR count). The molecule has 0 aliphatic heterocycles. The van der Waals surface area contributed by atoms with Gasteiger partial charge in [-0.15, -0.1) is 0 Å². The molecular weight excluding hydrogens is 704 g/mol. The quantitative estimate of drug-likeness (QED) is 0.146. The van der Waals surface area contributed by atoms with Crippen LogP contribution in [0.1, 0.15) is 31.8 Å². The summed E-state index contributed by atoms with van der Waals surface area (Å²) in [6.07, 6.45) is 4.44. The van der Waals surface area contributed by atoms with Crippen molar-refractivity contribution in [1.82, 2.24) is 9.13 Å². The lowest BCUT2D eigenvalue weighted by Gasteiger charge is -2.09. The maximum absolute atomic E-state index is 12.9. The van der Waals surface area contributed by atoms with Gasteiger partial charge in [-0.25, -0.2) is 0 Å². The maximum Gasteiger partial charge on any atom is 0.182 e. The lowest BCUT2D eigenvalue weighted by Crippen LogP contribution is -2.15. The Morgan fingerprint density at radius 2 is 0.957 bits per heavy atom. The molecular formula is C38H30Br2N4O2. The van der Waals surface area contributed by atoms with Crippen LogP contribution in [0.5, 0.6) is 0 Å². The number of nitrogens with zero attached hydrogens (tertiary/aromatic N) is 4. The zero-order chi connectivity index (χ0) is 32.8. The van der Waals surface area contributed by atoms with Gasteiger partial charge in [0.2, 0.25) is 0 Å². The molecule has 228 valence electrons. The van der Waals surface area contributed by atoms with Crippen LogP contribution in [0.3, 0.4) is 0 Å². The van der Waals surface area contributed by atoms with E-state index in [2.05, 4.69) is 44.0 Å². The largest absolute Gasteiger partial charge is 0.350 e. The van der Waals surface area contributed by atoms with Gasteiger partial charge >= 0.3 is 0 Å². The van der Waals surface area contributed by atoms with Crippen molar-refractivity contribution in [1.29, 1.82) is 10.5 Å². The normalized spacial score (nSPS) is 12.0. The van der Waals surface area contributed by atoms with Crippen molar-refractivity contribution in [3.05, 3.63) is 141 Å². The molecule has 4 aromatic carbocycles. The van der Waals surface area contributed by atoms with Crippen molar-refractivity contribution in [2.24, 2.45) is 25.9 Å². The minimum atomic E-state index is -0.695. The molecule has 0 saturated carbocycles. The molecule has 2 atom stereocenters. The van der Waals surface area contributed by atoms with Crippen LogP contribution >= 0.6 is 31.9 Å². The summed E-state index contributed by atoms with van der Waals surface area (Å²) >= 11 is 6.96. The Kier molecular flexibility index (Phi) is 10.3. The van der Waals surface area contributed by atoms with Crippen LogP contribution in [0.4, 0.5) is 0 Å². The minimum absolute atomic E-state index is 0.125. The van der Waals surface area contributed by atoms with Gasteiger partial charge in [-0.2, -0.15) is 10.5 Å². The van der Waals surface area contributed by atoms with Crippen LogP contribution in [-0.2, 0) is 26.9 Å². The summed E-state index contributed by atoms with van der Waals surface area (Å²) in [7, 11) is 3.82. The Morgan fingerprint density at radius 1 is 0.609 bits per heavy atom. The number of fused-ring (bicyclic) bond motifs is 2. The zero-order valence-electron chi connectivity index (χ0n) is 25.3. The predicted octanol–water partition coefficient (Wildman–Crippen LogP) is 9.01. The van der Waals surface area contributed by atoms with E-state index in [0.717, 1.165) is 41.9 Å².